The van der Waals surface area contributed by atoms with Gasteiger partial charge in [0.25, 0.3) is 5.91 Å². The van der Waals surface area contributed by atoms with Crippen molar-refractivity contribution < 1.29 is 38.8 Å². The van der Waals surface area contributed by atoms with Gasteiger partial charge in [-0.05, 0) is 110 Å². The van der Waals surface area contributed by atoms with Crippen molar-refractivity contribution in [2.75, 3.05) is 49.8 Å². The molecule has 1 saturated heterocycles. The minimum Gasteiger partial charge on any atom is -0.497 e. The van der Waals surface area contributed by atoms with Crippen LogP contribution in [-0.2, 0) is 37.7 Å². The molecule has 1 spiro atoms. The van der Waals surface area contributed by atoms with Gasteiger partial charge >= 0.3 is 0 Å². The molecule has 0 aromatic heterocycles. The lowest BCUT2D eigenvalue weighted by Crippen LogP contribution is -2.52. The monoisotopic (exact) mass is 910 g/mol. The number of nitrogens with zero attached hydrogens (tertiary/aromatic N) is 3. The fourth-order valence-corrected chi connectivity index (χ4v) is 14.6. The highest BCUT2D eigenvalue weighted by Crippen LogP contribution is 2.61. The summed E-state index contributed by atoms with van der Waals surface area (Å²) in [5.74, 6) is 0.454. The molecule has 12 nitrogen and oxygen atoms in total. The molecule has 66 heavy (non-hydrogen) atoms. The molecule has 3 aliphatic heterocycles. The highest BCUT2D eigenvalue weighted by Gasteiger charge is 2.67. The molecule has 3 N–H and O–H groups in total. The van der Waals surface area contributed by atoms with Crippen LogP contribution < -0.4 is 29.8 Å². The summed E-state index contributed by atoms with van der Waals surface area (Å²) >= 11 is 0. The lowest BCUT2D eigenvalue weighted by atomic mass is 9.82. The second-order valence-corrected chi connectivity index (χ2v) is 22.8. The van der Waals surface area contributed by atoms with E-state index in [0.717, 1.165) is 27.8 Å². The second-order valence-electron chi connectivity index (χ2n) is 18.1. The van der Waals surface area contributed by atoms with Crippen molar-refractivity contribution in [3.63, 3.8) is 0 Å². The Labute approximate surface area is 389 Å². The Morgan fingerprint density at radius 1 is 0.848 bits per heavy atom. The molecule has 3 amide bonds. The van der Waals surface area contributed by atoms with Crippen molar-refractivity contribution in [1.29, 1.82) is 0 Å². The Balaban J connectivity index is 1.27. The molecule has 0 bridgehead atoms. The van der Waals surface area contributed by atoms with Gasteiger partial charge in [0.15, 0.2) is 5.60 Å². The van der Waals surface area contributed by atoms with Gasteiger partial charge in [0, 0.05) is 42.6 Å². The van der Waals surface area contributed by atoms with Crippen LogP contribution in [0.15, 0.2) is 121 Å². The number of hydrogen-bond donors (Lipinski definition) is 3. The smallest absolute Gasteiger partial charge is 0.268 e. The average molecular weight is 911 g/mol. The maximum absolute atomic E-state index is 15.8. The number of ether oxygens (including phenoxy) is 3. The SMILES string of the molecule is CCOc1ccc2c(c1)CC(NCCCCO)C(=O)N2c1ccc2c(c1)[C@]1(O[C@@H](CC(=O)N(CCO)Cc3ccccc3)[C@H]([Si](C)(C)c3ccc(OC)cc3)[C@H]1C)C(=O)N2c1ccccc1. The Hall–Kier alpha value is -5.83. The highest BCUT2D eigenvalue weighted by atomic mass is 28.3. The van der Waals surface area contributed by atoms with Crippen LogP contribution in [-0.4, -0.2) is 93.1 Å². The number of hydrogen-bond acceptors (Lipinski definition) is 9. The first-order valence-electron chi connectivity index (χ1n) is 23.2. The Kier molecular flexibility index (Phi) is 14.1. The molecule has 8 rings (SSSR count). The number of benzene rings is 5. The molecule has 3 aliphatic rings. The quantitative estimate of drug-likeness (QED) is 0.0608. The summed E-state index contributed by atoms with van der Waals surface area (Å²) in [5, 5.41) is 24.2. The summed E-state index contributed by atoms with van der Waals surface area (Å²) in [4.78, 5) is 50.5. The molecule has 1 fully saturated rings. The van der Waals surface area contributed by atoms with Crippen molar-refractivity contribution in [3.8, 4) is 11.5 Å². The molecule has 0 aliphatic carbocycles. The summed E-state index contributed by atoms with van der Waals surface area (Å²) in [5.41, 5.74) is 3.37. The zero-order valence-corrected chi connectivity index (χ0v) is 39.6. The van der Waals surface area contributed by atoms with Crippen LogP contribution in [0.4, 0.5) is 22.7 Å². The van der Waals surface area contributed by atoms with Crippen LogP contribution in [0.1, 0.15) is 49.8 Å². The lowest BCUT2D eigenvalue weighted by molar-refractivity contribution is -0.149. The zero-order chi connectivity index (χ0) is 46.6. The van der Waals surface area contributed by atoms with Crippen LogP contribution in [0.3, 0.4) is 0 Å². The van der Waals surface area contributed by atoms with Gasteiger partial charge < -0.3 is 34.6 Å². The number of aliphatic hydroxyl groups excluding tert-OH is 2. The summed E-state index contributed by atoms with van der Waals surface area (Å²) in [6.07, 6.45) is 1.10. The van der Waals surface area contributed by atoms with Crippen molar-refractivity contribution in [2.45, 2.75) is 82.5 Å². The average Bonchev–Trinajstić information content (AvgIpc) is 3.76. The van der Waals surface area contributed by atoms with Crippen molar-refractivity contribution >= 4 is 53.7 Å². The number of nitrogens with one attached hydrogen (secondary N) is 1. The van der Waals surface area contributed by atoms with Crippen molar-refractivity contribution in [2.24, 2.45) is 5.92 Å². The second kappa shape index (κ2) is 20.0. The van der Waals surface area contributed by atoms with Crippen LogP contribution in [0.2, 0.25) is 18.6 Å². The Bertz CT molecular complexity index is 2510. The summed E-state index contributed by atoms with van der Waals surface area (Å²) in [6, 6.07) is 38.4. The normalized spacial score (nSPS) is 21.3. The summed E-state index contributed by atoms with van der Waals surface area (Å²) in [6.45, 7) is 9.99. The van der Waals surface area contributed by atoms with Gasteiger partial charge in [-0.3, -0.25) is 24.2 Å². The highest BCUT2D eigenvalue weighted by molar-refractivity contribution is 6.91. The van der Waals surface area contributed by atoms with E-state index in [4.69, 9.17) is 14.2 Å². The maximum Gasteiger partial charge on any atom is 0.268 e. The number of methoxy groups -OCH3 is 1. The number of carbonyl (C=O) groups is 3. The first-order chi connectivity index (χ1) is 32.0. The molecule has 5 aromatic carbocycles. The lowest BCUT2D eigenvalue weighted by Gasteiger charge is -2.37. The molecule has 346 valence electrons. The van der Waals surface area contributed by atoms with E-state index in [9.17, 15) is 19.8 Å². The molecule has 5 aromatic rings. The predicted molar refractivity (Wildman–Crippen MR) is 260 cm³/mol. The standard InChI is InChI=1S/C53H62N4O8Si/c1-6-64-42-22-26-46-38(31-42)32-45(54-27-13-14-29-58)51(61)56(46)40-19-25-47-44(33-40)53(52(62)57(47)39-17-11-8-12-18-39)36(2)50(66(4,5)43-23-20-41(63-3)21-24-43)48(65-53)34-49(60)55(28-30-59)35-37-15-9-7-10-16-37/h7-12,15-26,31,33,36,45,48,50,54,58-59H,6,13-14,27-30,32,34-35H2,1-5H3/t36-,45?,48+,50-,53+/m1/s1. The van der Waals surface area contributed by atoms with Crippen LogP contribution in [0.5, 0.6) is 11.5 Å². The first kappa shape index (κ1) is 46.7. The Morgan fingerprint density at radius 2 is 1.55 bits per heavy atom. The van der Waals surface area contributed by atoms with E-state index < -0.39 is 31.7 Å². The summed E-state index contributed by atoms with van der Waals surface area (Å²) in [7, 11) is -1.02. The van der Waals surface area contributed by atoms with Gasteiger partial charge in [-0.25, -0.2) is 0 Å². The number of fused-ring (bicyclic) bond motifs is 3. The van der Waals surface area contributed by atoms with E-state index in [-0.39, 0.29) is 49.4 Å². The van der Waals surface area contributed by atoms with Gasteiger partial charge in [-0.2, -0.15) is 0 Å². The van der Waals surface area contributed by atoms with Gasteiger partial charge in [0.05, 0.1) is 58.3 Å². The van der Waals surface area contributed by atoms with E-state index in [2.05, 4.69) is 37.5 Å². The number of rotatable bonds is 18. The van der Waals surface area contributed by atoms with Gasteiger partial charge in [-0.1, -0.05) is 85.9 Å². The fourth-order valence-electron chi connectivity index (χ4n) is 10.6. The number of amides is 3. The third-order valence-corrected chi connectivity index (χ3v) is 18.2. The van der Waals surface area contributed by atoms with E-state index in [1.54, 1.807) is 21.8 Å². The largest absolute Gasteiger partial charge is 0.497 e. The molecule has 3 heterocycles. The third kappa shape index (κ3) is 8.78. The minimum atomic E-state index is -2.66. The van der Waals surface area contributed by atoms with Gasteiger partial charge in [0.1, 0.15) is 11.5 Å². The van der Waals surface area contributed by atoms with Crippen molar-refractivity contribution in [1.82, 2.24) is 10.2 Å². The van der Waals surface area contributed by atoms with Crippen LogP contribution in [0.25, 0.3) is 0 Å². The van der Waals surface area contributed by atoms with Crippen molar-refractivity contribution in [3.05, 3.63) is 138 Å². The molecule has 0 radical (unpaired) electrons. The third-order valence-electron chi connectivity index (χ3n) is 13.8. The van der Waals surface area contributed by atoms with E-state index >= 15 is 4.79 Å². The minimum absolute atomic E-state index is 0.00635. The number of aliphatic hydroxyl groups is 2. The Morgan fingerprint density at radius 3 is 2.23 bits per heavy atom. The van der Waals surface area contributed by atoms with Crippen LogP contribution >= 0.6 is 0 Å². The van der Waals surface area contributed by atoms with E-state index in [1.807, 2.05) is 116 Å². The van der Waals surface area contributed by atoms with Gasteiger partial charge in [-0.15, -0.1) is 0 Å². The molecular formula is C53H62N4O8Si. The maximum atomic E-state index is 15.8. The molecule has 13 heteroatoms. The molecule has 5 atom stereocenters. The first-order valence-corrected chi connectivity index (χ1v) is 26.3. The zero-order valence-electron chi connectivity index (χ0n) is 38.6. The van der Waals surface area contributed by atoms with E-state index in [1.165, 1.54) is 0 Å². The molecular weight excluding hydrogens is 849 g/mol. The number of anilines is 4. The number of carbonyl (C=O) groups excluding carboxylic acids is 3. The van der Waals surface area contributed by atoms with Crippen LogP contribution in [0, 0.1) is 5.92 Å². The topological polar surface area (TPSA) is 141 Å². The van der Waals surface area contributed by atoms with Gasteiger partial charge in [0.2, 0.25) is 11.8 Å². The predicted octanol–water partition coefficient (Wildman–Crippen LogP) is 7.35. The summed E-state index contributed by atoms with van der Waals surface area (Å²) < 4.78 is 18.9. The molecule has 0 saturated carbocycles. The molecule has 1 unspecified atom stereocenters. The number of unbranched alkanes of at least 4 members (excludes halogenated alkanes) is 1. The fraction of sp³-hybridized carbons (Fsp3) is 0.377. The van der Waals surface area contributed by atoms with E-state index in [0.29, 0.717) is 67.3 Å². The number of para-hydroxylation sites is 1.